The molecule has 0 spiro atoms. The Balaban J connectivity index is 2.78. The van der Waals surface area contributed by atoms with Gasteiger partial charge in [-0.2, -0.15) is 0 Å². The highest BCUT2D eigenvalue weighted by atomic mass is 16.4. The topological polar surface area (TPSA) is 94.9 Å². The number of carbonyl (C=O) groups excluding carboxylic acids is 1. The number of nitrogens with zero attached hydrogens (tertiary/aromatic N) is 1. The molecule has 2 N–H and O–H groups in total. The van der Waals surface area contributed by atoms with Gasteiger partial charge in [0.15, 0.2) is 0 Å². The Hall–Kier alpha value is -1.59. The predicted molar refractivity (Wildman–Crippen MR) is 76.8 cm³/mol. The van der Waals surface area contributed by atoms with Crippen LogP contribution in [0.25, 0.3) is 0 Å². The summed E-state index contributed by atoms with van der Waals surface area (Å²) < 4.78 is 0. The van der Waals surface area contributed by atoms with Gasteiger partial charge >= 0.3 is 11.9 Å². The highest BCUT2D eigenvalue weighted by Gasteiger charge is 2.40. The first-order valence-electron chi connectivity index (χ1n) is 7.66. The van der Waals surface area contributed by atoms with Crippen molar-refractivity contribution in [1.29, 1.82) is 0 Å². The second-order valence-corrected chi connectivity index (χ2v) is 5.74. The van der Waals surface area contributed by atoms with Crippen molar-refractivity contribution in [3.05, 3.63) is 0 Å². The number of carboxylic acids is 2. The van der Waals surface area contributed by atoms with Crippen LogP contribution in [0, 0.1) is 17.8 Å². The van der Waals surface area contributed by atoms with Gasteiger partial charge in [0, 0.05) is 19.0 Å². The van der Waals surface area contributed by atoms with E-state index in [0.717, 1.165) is 25.7 Å². The number of likely N-dealkylation sites (tertiary alicyclic amines) is 1. The van der Waals surface area contributed by atoms with Crippen molar-refractivity contribution < 1.29 is 24.6 Å². The van der Waals surface area contributed by atoms with Gasteiger partial charge in [-0.05, 0) is 19.3 Å². The molecule has 120 valence electrons. The third kappa shape index (κ3) is 4.44. The number of hydrogen-bond acceptors (Lipinski definition) is 3. The van der Waals surface area contributed by atoms with Crippen molar-refractivity contribution in [2.24, 2.45) is 17.8 Å². The van der Waals surface area contributed by atoms with Gasteiger partial charge < -0.3 is 15.1 Å². The summed E-state index contributed by atoms with van der Waals surface area (Å²) >= 11 is 0. The SMILES string of the molecule is CCCC(CCC)C(=O)N1CCC(C(=O)O)C(C(=O)O)C1. The van der Waals surface area contributed by atoms with Crippen LogP contribution in [0.2, 0.25) is 0 Å². The Bertz CT molecular complexity index is 390. The first-order chi connectivity index (χ1) is 9.92. The van der Waals surface area contributed by atoms with Crippen LogP contribution >= 0.6 is 0 Å². The largest absolute Gasteiger partial charge is 0.481 e. The summed E-state index contributed by atoms with van der Waals surface area (Å²) in [5.41, 5.74) is 0. The monoisotopic (exact) mass is 299 g/mol. The van der Waals surface area contributed by atoms with Gasteiger partial charge in [-0.25, -0.2) is 0 Å². The lowest BCUT2D eigenvalue weighted by atomic mass is 9.84. The maximum absolute atomic E-state index is 12.5. The number of amides is 1. The van der Waals surface area contributed by atoms with E-state index < -0.39 is 23.8 Å². The van der Waals surface area contributed by atoms with E-state index in [4.69, 9.17) is 5.11 Å². The number of carboxylic acid groups (broad SMARTS) is 2. The molecule has 1 amide bonds. The van der Waals surface area contributed by atoms with Crippen molar-refractivity contribution in [1.82, 2.24) is 4.90 Å². The van der Waals surface area contributed by atoms with E-state index >= 15 is 0 Å². The lowest BCUT2D eigenvalue weighted by Gasteiger charge is -2.36. The van der Waals surface area contributed by atoms with Crippen LogP contribution < -0.4 is 0 Å². The van der Waals surface area contributed by atoms with Crippen LogP contribution in [0.4, 0.5) is 0 Å². The fourth-order valence-corrected chi connectivity index (χ4v) is 3.04. The summed E-state index contributed by atoms with van der Waals surface area (Å²) in [5.74, 6) is -4.23. The summed E-state index contributed by atoms with van der Waals surface area (Å²) in [5, 5.41) is 18.3. The second kappa shape index (κ2) is 8.00. The standard InChI is InChI=1S/C15H25NO5/c1-3-5-10(6-4-2)13(17)16-8-7-11(14(18)19)12(9-16)15(20)21/h10-12H,3-9H2,1-2H3,(H,18,19)(H,20,21). The van der Waals surface area contributed by atoms with E-state index in [1.807, 2.05) is 13.8 Å². The number of hydrogen-bond donors (Lipinski definition) is 2. The summed E-state index contributed by atoms with van der Waals surface area (Å²) in [6.45, 7) is 4.39. The van der Waals surface area contributed by atoms with Gasteiger partial charge in [0.2, 0.25) is 5.91 Å². The van der Waals surface area contributed by atoms with Crippen LogP contribution in [0.15, 0.2) is 0 Å². The van der Waals surface area contributed by atoms with Crippen molar-refractivity contribution in [2.75, 3.05) is 13.1 Å². The molecule has 21 heavy (non-hydrogen) atoms. The molecule has 6 nitrogen and oxygen atoms in total. The molecular formula is C15H25NO5. The van der Waals surface area contributed by atoms with Gasteiger partial charge in [-0.1, -0.05) is 26.7 Å². The van der Waals surface area contributed by atoms with Gasteiger partial charge in [-0.15, -0.1) is 0 Å². The van der Waals surface area contributed by atoms with Gasteiger partial charge in [0.1, 0.15) is 0 Å². The molecule has 2 atom stereocenters. The Labute approximate surface area is 125 Å². The lowest BCUT2D eigenvalue weighted by Crippen LogP contribution is -2.50. The zero-order chi connectivity index (χ0) is 16.0. The van der Waals surface area contributed by atoms with Gasteiger partial charge in [-0.3, -0.25) is 14.4 Å². The minimum Gasteiger partial charge on any atom is -0.481 e. The maximum Gasteiger partial charge on any atom is 0.309 e. The van der Waals surface area contributed by atoms with Crippen LogP contribution in [0.3, 0.4) is 0 Å². The molecule has 1 saturated heterocycles. The molecule has 6 heteroatoms. The summed E-state index contributed by atoms with van der Waals surface area (Å²) in [6.07, 6.45) is 3.62. The average molecular weight is 299 g/mol. The predicted octanol–water partition coefficient (Wildman–Crippen LogP) is 1.84. The van der Waals surface area contributed by atoms with Crippen molar-refractivity contribution in [3.63, 3.8) is 0 Å². The normalized spacial score (nSPS) is 22.3. The molecule has 1 aliphatic heterocycles. The number of rotatable bonds is 7. The fraction of sp³-hybridized carbons (Fsp3) is 0.800. The Morgan fingerprint density at radius 3 is 2.00 bits per heavy atom. The molecule has 0 bridgehead atoms. The van der Waals surface area contributed by atoms with Gasteiger partial charge in [0.25, 0.3) is 0 Å². The molecule has 1 heterocycles. The van der Waals surface area contributed by atoms with E-state index in [9.17, 15) is 19.5 Å². The van der Waals surface area contributed by atoms with E-state index in [2.05, 4.69) is 0 Å². The molecule has 0 aromatic heterocycles. The minimum atomic E-state index is -1.14. The summed E-state index contributed by atoms with van der Waals surface area (Å²) in [4.78, 5) is 36.4. The van der Waals surface area contributed by atoms with Gasteiger partial charge in [0.05, 0.1) is 11.8 Å². The van der Waals surface area contributed by atoms with Crippen molar-refractivity contribution in [3.8, 4) is 0 Å². The third-order valence-corrected chi connectivity index (χ3v) is 4.18. The van der Waals surface area contributed by atoms with E-state index in [1.54, 1.807) is 4.90 Å². The zero-order valence-electron chi connectivity index (χ0n) is 12.7. The Morgan fingerprint density at radius 1 is 1.05 bits per heavy atom. The quantitative estimate of drug-likeness (QED) is 0.748. The summed E-state index contributed by atoms with van der Waals surface area (Å²) in [6, 6.07) is 0. The molecule has 0 saturated carbocycles. The number of carbonyl (C=O) groups is 3. The molecule has 2 unspecified atom stereocenters. The molecule has 0 aromatic carbocycles. The van der Waals surface area contributed by atoms with Crippen molar-refractivity contribution >= 4 is 17.8 Å². The second-order valence-electron chi connectivity index (χ2n) is 5.74. The number of aliphatic carboxylic acids is 2. The van der Waals surface area contributed by atoms with Crippen LogP contribution in [0.5, 0.6) is 0 Å². The molecule has 1 rings (SSSR count). The molecule has 0 radical (unpaired) electrons. The van der Waals surface area contributed by atoms with Crippen molar-refractivity contribution in [2.45, 2.75) is 46.0 Å². The first-order valence-corrected chi connectivity index (χ1v) is 7.66. The Kier molecular flexibility index (Phi) is 6.65. The fourth-order valence-electron chi connectivity index (χ4n) is 3.04. The number of piperidine rings is 1. The van der Waals surface area contributed by atoms with E-state index in [0.29, 0.717) is 6.54 Å². The zero-order valence-corrected chi connectivity index (χ0v) is 12.7. The summed E-state index contributed by atoms with van der Waals surface area (Å²) in [7, 11) is 0. The molecular weight excluding hydrogens is 274 g/mol. The molecule has 1 aliphatic rings. The van der Waals surface area contributed by atoms with Crippen LogP contribution in [0.1, 0.15) is 46.0 Å². The minimum absolute atomic E-state index is 0.00899. The lowest BCUT2D eigenvalue weighted by molar-refractivity contribution is -0.159. The van der Waals surface area contributed by atoms with E-state index in [1.165, 1.54) is 0 Å². The first kappa shape index (κ1) is 17.5. The highest BCUT2D eigenvalue weighted by Crippen LogP contribution is 2.27. The van der Waals surface area contributed by atoms with E-state index in [-0.39, 0.29) is 24.8 Å². The Morgan fingerprint density at radius 2 is 1.57 bits per heavy atom. The molecule has 0 aromatic rings. The average Bonchev–Trinajstić information content (AvgIpc) is 2.45. The molecule has 0 aliphatic carbocycles. The highest BCUT2D eigenvalue weighted by molar-refractivity contribution is 5.83. The smallest absolute Gasteiger partial charge is 0.309 e. The molecule has 1 fully saturated rings. The van der Waals surface area contributed by atoms with Crippen LogP contribution in [-0.2, 0) is 14.4 Å². The maximum atomic E-state index is 12.5. The third-order valence-electron chi connectivity index (χ3n) is 4.18. The van der Waals surface area contributed by atoms with Crippen LogP contribution in [-0.4, -0.2) is 46.0 Å².